The van der Waals surface area contributed by atoms with Crippen LogP contribution in [-0.4, -0.2) is 41.9 Å². The van der Waals surface area contributed by atoms with Crippen molar-refractivity contribution < 1.29 is 13.2 Å². The average molecular weight is 446 g/mol. The van der Waals surface area contributed by atoms with E-state index in [1.807, 2.05) is 42.7 Å². The Balaban J connectivity index is 1.72. The molecule has 2 N–H and O–H groups in total. The van der Waals surface area contributed by atoms with Gasteiger partial charge >= 0.3 is 0 Å². The summed E-state index contributed by atoms with van der Waals surface area (Å²) in [5.74, 6) is 0.557. The van der Waals surface area contributed by atoms with Crippen molar-refractivity contribution in [1.29, 1.82) is 0 Å². The van der Waals surface area contributed by atoms with Crippen LogP contribution in [0.1, 0.15) is 17.0 Å². The van der Waals surface area contributed by atoms with Crippen molar-refractivity contribution in [3.8, 4) is 5.69 Å². The Labute approximate surface area is 180 Å². The lowest BCUT2D eigenvalue weighted by Crippen LogP contribution is -2.20. The van der Waals surface area contributed by atoms with Gasteiger partial charge in [0.25, 0.3) is 0 Å². The van der Waals surface area contributed by atoms with Crippen LogP contribution in [0.2, 0.25) is 0 Å². The van der Waals surface area contributed by atoms with E-state index in [4.69, 9.17) is 0 Å². The predicted molar refractivity (Wildman–Crippen MR) is 118 cm³/mol. The third kappa shape index (κ3) is 4.89. The van der Waals surface area contributed by atoms with E-state index in [-0.39, 0.29) is 16.6 Å². The van der Waals surface area contributed by atoms with Crippen LogP contribution in [0.5, 0.6) is 0 Å². The van der Waals surface area contributed by atoms with Crippen molar-refractivity contribution in [3.05, 3.63) is 59.4 Å². The van der Waals surface area contributed by atoms with Crippen molar-refractivity contribution in [3.63, 3.8) is 0 Å². The number of benzene rings is 2. The molecule has 0 fully saturated rings. The van der Waals surface area contributed by atoms with E-state index in [1.165, 1.54) is 24.9 Å². The van der Waals surface area contributed by atoms with Gasteiger partial charge in [-0.25, -0.2) is 13.1 Å². The number of hydrogen-bond acceptors (Lipinski definition) is 6. The van der Waals surface area contributed by atoms with Gasteiger partial charge in [0.2, 0.25) is 15.9 Å². The van der Waals surface area contributed by atoms with Crippen LogP contribution in [-0.2, 0) is 14.8 Å². The summed E-state index contributed by atoms with van der Waals surface area (Å²) in [7, 11) is -2.26. The van der Waals surface area contributed by atoms with Gasteiger partial charge in [-0.2, -0.15) is 0 Å². The van der Waals surface area contributed by atoms with Gasteiger partial charge < -0.3 is 5.32 Å². The smallest absolute Gasteiger partial charge is 0.240 e. The molecule has 3 aromatic rings. The SMILES string of the molecule is CNS(=O)(=O)c1cc(NC(=O)CSc2nnc(C)n2-c2ccc(C)cc2)ccc1C. The molecule has 158 valence electrons. The highest BCUT2D eigenvalue weighted by Crippen LogP contribution is 2.23. The Morgan fingerprint density at radius 3 is 2.43 bits per heavy atom. The lowest BCUT2D eigenvalue weighted by atomic mass is 10.2. The fraction of sp³-hybridized carbons (Fsp3) is 0.250. The first-order valence-corrected chi connectivity index (χ1v) is 11.6. The minimum Gasteiger partial charge on any atom is -0.325 e. The maximum absolute atomic E-state index is 12.4. The number of nitrogens with one attached hydrogen (secondary N) is 2. The Morgan fingerprint density at radius 2 is 1.77 bits per heavy atom. The molecule has 2 aromatic carbocycles. The largest absolute Gasteiger partial charge is 0.325 e. The lowest BCUT2D eigenvalue weighted by molar-refractivity contribution is -0.113. The van der Waals surface area contributed by atoms with Gasteiger partial charge in [-0.05, 0) is 57.6 Å². The number of carbonyl (C=O) groups is 1. The maximum atomic E-state index is 12.4. The van der Waals surface area contributed by atoms with Crippen molar-refractivity contribution >= 4 is 33.4 Å². The Morgan fingerprint density at radius 1 is 1.07 bits per heavy atom. The summed E-state index contributed by atoms with van der Waals surface area (Å²) < 4.78 is 28.4. The molecule has 0 saturated carbocycles. The number of sulfonamides is 1. The highest BCUT2D eigenvalue weighted by molar-refractivity contribution is 7.99. The molecule has 1 aromatic heterocycles. The van der Waals surface area contributed by atoms with Crippen molar-refractivity contribution in [1.82, 2.24) is 19.5 Å². The number of aryl methyl sites for hydroxylation is 3. The fourth-order valence-electron chi connectivity index (χ4n) is 2.83. The third-order valence-corrected chi connectivity index (χ3v) is 6.94. The Hall–Kier alpha value is -2.69. The van der Waals surface area contributed by atoms with Gasteiger partial charge in [0.1, 0.15) is 5.82 Å². The second-order valence-corrected chi connectivity index (χ2v) is 9.52. The molecule has 10 heteroatoms. The van der Waals surface area contributed by atoms with Gasteiger partial charge in [-0.15, -0.1) is 10.2 Å². The lowest BCUT2D eigenvalue weighted by Gasteiger charge is -2.11. The first-order valence-electron chi connectivity index (χ1n) is 9.17. The van der Waals surface area contributed by atoms with Crippen LogP contribution in [0.15, 0.2) is 52.5 Å². The standard InChI is InChI=1S/C20H23N5O3S2/c1-13-5-9-17(10-6-13)25-15(3)23-24-20(25)29-12-19(26)22-16-8-7-14(2)18(11-16)30(27,28)21-4/h5-11,21H,12H2,1-4H3,(H,22,26). The summed E-state index contributed by atoms with van der Waals surface area (Å²) >= 11 is 1.26. The molecule has 0 unspecified atom stereocenters. The zero-order chi connectivity index (χ0) is 21.9. The molecule has 30 heavy (non-hydrogen) atoms. The summed E-state index contributed by atoms with van der Waals surface area (Å²) in [6, 6.07) is 12.7. The number of nitrogens with zero attached hydrogens (tertiary/aromatic N) is 3. The molecule has 0 atom stereocenters. The predicted octanol–water partition coefficient (Wildman–Crippen LogP) is 2.83. The van der Waals surface area contributed by atoms with Crippen molar-refractivity contribution in [2.75, 3.05) is 18.1 Å². The van der Waals surface area contributed by atoms with Crippen molar-refractivity contribution in [2.45, 2.75) is 30.8 Å². The van der Waals surface area contributed by atoms with Crippen LogP contribution >= 0.6 is 11.8 Å². The normalized spacial score (nSPS) is 11.5. The summed E-state index contributed by atoms with van der Waals surface area (Å²) in [5.41, 5.74) is 3.08. The average Bonchev–Trinajstić information content (AvgIpc) is 3.09. The topological polar surface area (TPSA) is 106 Å². The summed E-state index contributed by atoms with van der Waals surface area (Å²) in [6.45, 7) is 5.57. The minimum atomic E-state index is -3.61. The monoisotopic (exact) mass is 445 g/mol. The van der Waals surface area contributed by atoms with Crippen molar-refractivity contribution in [2.24, 2.45) is 0 Å². The van der Waals surface area contributed by atoms with Crippen LogP contribution in [0.4, 0.5) is 5.69 Å². The molecule has 3 rings (SSSR count). The summed E-state index contributed by atoms with van der Waals surface area (Å²) in [4.78, 5) is 12.6. The second kappa shape index (κ2) is 8.99. The van der Waals surface area contributed by atoms with Crippen LogP contribution in [0.25, 0.3) is 5.69 Å². The number of amides is 1. The Kier molecular flexibility index (Phi) is 6.59. The molecule has 8 nitrogen and oxygen atoms in total. The highest BCUT2D eigenvalue weighted by atomic mass is 32.2. The van der Waals surface area contributed by atoms with E-state index < -0.39 is 10.0 Å². The van der Waals surface area contributed by atoms with Gasteiger partial charge in [0.05, 0.1) is 10.6 Å². The summed E-state index contributed by atoms with van der Waals surface area (Å²) in [5, 5.41) is 11.6. The van der Waals surface area contributed by atoms with E-state index in [2.05, 4.69) is 20.2 Å². The zero-order valence-corrected chi connectivity index (χ0v) is 18.8. The van der Waals surface area contributed by atoms with E-state index in [0.717, 1.165) is 17.1 Å². The van der Waals surface area contributed by atoms with E-state index in [9.17, 15) is 13.2 Å². The Bertz CT molecular complexity index is 1170. The molecular formula is C20H23N5O3S2. The molecule has 0 aliphatic rings. The molecule has 0 aliphatic carbocycles. The zero-order valence-electron chi connectivity index (χ0n) is 17.1. The quantitative estimate of drug-likeness (QED) is 0.542. The first kappa shape index (κ1) is 22.0. The minimum absolute atomic E-state index is 0.103. The van der Waals surface area contributed by atoms with Crippen LogP contribution < -0.4 is 10.0 Å². The highest BCUT2D eigenvalue weighted by Gasteiger charge is 2.17. The molecule has 0 radical (unpaired) electrons. The van der Waals surface area contributed by atoms with Crippen LogP contribution in [0.3, 0.4) is 0 Å². The van der Waals surface area contributed by atoms with E-state index >= 15 is 0 Å². The van der Waals surface area contributed by atoms with Crippen LogP contribution in [0, 0.1) is 20.8 Å². The molecular weight excluding hydrogens is 422 g/mol. The van der Waals surface area contributed by atoms with Gasteiger partial charge in [0.15, 0.2) is 5.16 Å². The maximum Gasteiger partial charge on any atom is 0.240 e. The number of anilines is 1. The molecule has 0 bridgehead atoms. The summed E-state index contributed by atoms with van der Waals surface area (Å²) in [6.07, 6.45) is 0. The molecule has 0 spiro atoms. The molecule has 1 amide bonds. The molecule has 0 saturated heterocycles. The number of hydrogen-bond donors (Lipinski definition) is 2. The van der Waals surface area contributed by atoms with Gasteiger partial charge in [-0.3, -0.25) is 9.36 Å². The fourth-order valence-corrected chi connectivity index (χ4v) is 4.62. The first-order chi connectivity index (χ1) is 14.2. The molecule has 0 aliphatic heterocycles. The third-order valence-electron chi connectivity index (χ3n) is 4.45. The van der Waals surface area contributed by atoms with Gasteiger partial charge in [0, 0.05) is 11.4 Å². The number of carbonyl (C=O) groups excluding carboxylic acids is 1. The van der Waals surface area contributed by atoms with E-state index in [0.29, 0.717) is 16.4 Å². The number of thioether (sulfide) groups is 1. The number of aromatic nitrogens is 3. The van der Waals surface area contributed by atoms with E-state index in [1.54, 1.807) is 19.1 Å². The number of rotatable bonds is 7. The van der Waals surface area contributed by atoms with Gasteiger partial charge in [-0.1, -0.05) is 35.5 Å². The second-order valence-electron chi connectivity index (χ2n) is 6.73. The molecule has 1 heterocycles.